The van der Waals surface area contributed by atoms with Crippen LogP contribution in [-0.4, -0.2) is 16.8 Å². The number of hydrogen-bond acceptors (Lipinski definition) is 4. The Morgan fingerprint density at radius 1 is 1.12 bits per heavy atom. The minimum Gasteiger partial charge on any atom is -0.497 e. The van der Waals surface area contributed by atoms with Gasteiger partial charge in [0.1, 0.15) is 18.2 Å². The van der Waals surface area contributed by atoms with Crippen molar-refractivity contribution in [2.75, 3.05) is 7.11 Å². The van der Waals surface area contributed by atoms with E-state index in [1.165, 1.54) is 7.11 Å². The second kappa shape index (κ2) is 6.66. The van der Waals surface area contributed by atoms with Gasteiger partial charge >= 0.3 is 11.9 Å². The second-order valence-electron chi connectivity index (χ2n) is 5.32. The van der Waals surface area contributed by atoms with Crippen LogP contribution in [0, 0.1) is 5.82 Å². The maximum Gasteiger partial charge on any atom is 0.434 e. The van der Waals surface area contributed by atoms with Crippen LogP contribution in [0.1, 0.15) is 11.3 Å². The van der Waals surface area contributed by atoms with Gasteiger partial charge in [-0.25, -0.2) is 9.18 Å². The number of alkyl halides is 3. The lowest BCUT2D eigenvalue weighted by Gasteiger charge is -2.14. The van der Waals surface area contributed by atoms with Gasteiger partial charge in [0.2, 0.25) is 0 Å². The average molecular weight is 368 g/mol. The molecular weight excluding hydrogens is 356 g/mol. The first-order chi connectivity index (χ1) is 12.3. The lowest BCUT2D eigenvalue weighted by atomic mass is 10.2. The molecule has 0 radical (unpaired) electrons. The topological polar surface area (TPSA) is 53.4 Å². The highest BCUT2D eigenvalue weighted by Crippen LogP contribution is 2.32. The fourth-order valence-corrected chi connectivity index (χ4v) is 2.38. The van der Waals surface area contributed by atoms with E-state index in [2.05, 4.69) is 4.98 Å². The molecule has 0 aliphatic rings. The van der Waals surface area contributed by atoms with Crippen LogP contribution < -0.4 is 15.3 Å². The van der Waals surface area contributed by atoms with Gasteiger partial charge in [-0.2, -0.15) is 18.2 Å². The van der Waals surface area contributed by atoms with Crippen LogP contribution in [0.3, 0.4) is 0 Å². The van der Waals surface area contributed by atoms with E-state index in [0.29, 0.717) is 22.1 Å². The fraction of sp³-hybridized carbons (Fsp3) is 0.176. The molecule has 0 fully saturated rings. The van der Waals surface area contributed by atoms with Crippen molar-refractivity contribution in [2.45, 2.75) is 12.8 Å². The first-order valence-electron chi connectivity index (χ1n) is 7.35. The normalized spacial score (nSPS) is 11.6. The van der Waals surface area contributed by atoms with Crippen molar-refractivity contribution >= 4 is 10.9 Å². The molecule has 5 nitrogen and oxygen atoms in total. The summed E-state index contributed by atoms with van der Waals surface area (Å²) in [4.78, 5) is 20.4. The zero-order valence-electron chi connectivity index (χ0n) is 13.4. The first-order valence-corrected chi connectivity index (χ1v) is 7.35. The number of methoxy groups -OCH3 is 1. The molecule has 3 aromatic rings. The number of halogens is 4. The number of benzene rings is 2. The molecule has 9 heteroatoms. The summed E-state index contributed by atoms with van der Waals surface area (Å²) in [6, 6.07) is 9.32. The van der Waals surface area contributed by atoms with Crippen molar-refractivity contribution in [1.82, 2.24) is 9.71 Å². The van der Waals surface area contributed by atoms with E-state index in [9.17, 15) is 22.4 Å². The number of nitrogens with zero attached hydrogens (tertiary/aromatic N) is 2. The predicted octanol–water partition coefficient (Wildman–Crippen LogP) is 3.19. The SMILES string of the molecule is COc1ccc(COn2c(=O)nc(C(F)(F)F)c3cc(F)ccc32)cc1. The van der Waals surface area contributed by atoms with Crippen molar-refractivity contribution in [2.24, 2.45) is 0 Å². The Labute approximate surface area is 144 Å². The molecule has 2 aromatic carbocycles. The molecule has 0 aliphatic heterocycles. The maximum atomic E-state index is 13.4. The molecule has 0 atom stereocenters. The largest absolute Gasteiger partial charge is 0.497 e. The molecule has 0 aliphatic carbocycles. The van der Waals surface area contributed by atoms with E-state index in [4.69, 9.17) is 9.57 Å². The van der Waals surface area contributed by atoms with Gasteiger partial charge in [-0.15, -0.1) is 4.73 Å². The van der Waals surface area contributed by atoms with Gasteiger partial charge in [-0.05, 0) is 35.9 Å². The molecule has 0 amide bonds. The Morgan fingerprint density at radius 3 is 2.42 bits per heavy atom. The summed E-state index contributed by atoms with van der Waals surface area (Å²) >= 11 is 0. The lowest BCUT2D eigenvalue weighted by molar-refractivity contribution is -0.140. The summed E-state index contributed by atoms with van der Waals surface area (Å²) in [6.07, 6.45) is -4.90. The lowest BCUT2D eigenvalue weighted by Crippen LogP contribution is -2.32. The number of hydrogen-bond donors (Lipinski definition) is 0. The third-order valence-electron chi connectivity index (χ3n) is 3.60. The highest BCUT2D eigenvalue weighted by Gasteiger charge is 2.36. The molecule has 3 rings (SSSR count). The summed E-state index contributed by atoms with van der Waals surface area (Å²) in [5.41, 5.74) is -2.29. The standard InChI is InChI=1S/C17H12F4N2O3/c1-25-12-5-2-10(3-6-12)9-26-23-14-7-4-11(18)8-13(14)15(17(19,20)21)22-16(23)24/h2-8H,9H2,1H3. The summed E-state index contributed by atoms with van der Waals surface area (Å²) in [5.74, 6) is -0.270. The smallest absolute Gasteiger partial charge is 0.434 e. The minimum absolute atomic E-state index is 0.108. The maximum absolute atomic E-state index is 13.4. The molecule has 1 heterocycles. The molecule has 0 spiro atoms. The molecule has 0 N–H and O–H groups in total. The van der Waals surface area contributed by atoms with Gasteiger partial charge in [0.25, 0.3) is 0 Å². The minimum atomic E-state index is -4.90. The Bertz CT molecular complexity index is 998. The van der Waals surface area contributed by atoms with Crippen LogP contribution in [0.5, 0.6) is 5.75 Å². The van der Waals surface area contributed by atoms with Gasteiger partial charge in [-0.3, -0.25) is 0 Å². The number of rotatable bonds is 4. The highest BCUT2D eigenvalue weighted by molar-refractivity contribution is 5.81. The van der Waals surface area contributed by atoms with Crippen LogP contribution in [-0.2, 0) is 12.8 Å². The second-order valence-corrected chi connectivity index (χ2v) is 5.32. The summed E-state index contributed by atoms with van der Waals surface area (Å²) < 4.78 is 58.4. The molecule has 136 valence electrons. The fourth-order valence-electron chi connectivity index (χ4n) is 2.38. The molecule has 0 unspecified atom stereocenters. The number of ether oxygens (including phenoxy) is 1. The van der Waals surface area contributed by atoms with E-state index in [1.807, 2.05) is 0 Å². The van der Waals surface area contributed by atoms with Crippen molar-refractivity contribution < 1.29 is 27.1 Å². The third kappa shape index (κ3) is 3.46. The monoisotopic (exact) mass is 368 g/mol. The van der Waals surface area contributed by atoms with Crippen molar-refractivity contribution in [1.29, 1.82) is 0 Å². The summed E-state index contributed by atoms with van der Waals surface area (Å²) in [6.45, 7) is -0.108. The van der Waals surface area contributed by atoms with Crippen LogP contribution in [0.15, 0.2) is 47.3 Å². The number of fused-ring (bicyclic) bond motifs is 1. The number of aromatic nitrogens is 2. The predicted molar refractivity (Wildman–Crippen MR) is 84.2 cm³/mol. The zero-order valence-corrected chi connectivity index (χ0v) is 13.4. The van der Waals surface area contributed by atoms with E-state index in [1.54, 1.807) is 24.3 Å². The summed E-state index contributed by atoms with van der Waals surface area (Å²) in [5, 5.41) is -0.563. The third-order valence-corrected chi connectivity index (χ3v) is 3.60. The van der Waals surface area contributed by atoms with Gasteiger partial charge in [-0.1, -0.05) is 12.1 Å². The summed E-state index contributed by atoms with van der Waals surface area (Å²) in [7, 11) is 1.50. The van der Waals surface area contributed by atoms with Crippen LogP contribution >= 0.6 is 0 Å². The van der Waals surface area contributed by atoms with Gasteiger partial charge < -0.3 is 9.57 Å². The molecule has 0 bridgehead atoms. The van der Waals surface area contributed by atoms with Crippen molar-refractivity contribution in [3.05, 3.63) is 70.0 Å². The van der Waals surface area contributed by atoms with Gasteiger partial charge in [0, 0.05) is 5.39 Å². The molecule has 0 saturated carbocycles. The van der Waals surface area contributed by atoms with Gasteiger partial charge in [0.05, 0.1) is 12.6 Å². The molecule has 1 aromatic heterocycles. The molecule has 0 saturated heterocycles. The van der Waals surface area contributed by atoms with Gasteiger partial charge in [0.15, 0.2) is 5.69 Å². The van der Waals surface area contributed by atoms with Crippen LogP contribution in [0.2, 0.25) is 0 Å². The molecule has 26 heavy (non-hydrogen) atoms. The van der Waals surface area contributed by atoms with Crippen LogP contribution in [0.4, 0.5) is 17.6 Å². The van der Waals surface area contributed by atoms with Crippen LogP contribution in [0.25, 0.3) is 10.9 Å². The zero-order chi connectivity index (χ0) is 18.9. The Hall–Kier alpha value is -3.10. The Morgan fingerprint density at radius 2 is 1.81 bits per heavy atom. The Kier molecular flexibility index (Phi) is 4.54. The van der Waals surface area contributed by atoms with Crippen molar-refractivity contribution in [3.63, 3.8) is 0 Å². The Balaban J connectivity index is 2.03. The van der Waals surface area contributed by atoms with Crippen molar-refractivity contribution in [3.8, 4) is 5.75 Å². The first kappa shape index (κ1) is 17.7. The molecular formula is C17H12F4N2O3. The van der Waals surface area contributed by atoms with E-state index in [0.717, 1.165) is 12.1 Å². The van der Waals surface area contributed by atoms with E-state index >= 15 is 0 Å². The highest BCUT2D eigenvalue weighted by atomic mass is 19.4. The van der Waals surface area contributed by atoms with E-state index < -0.39 is 28.8 Å². The average Bonchev–Trinajstić information content (AvgIpc) is 2.60. The quantitative estimate of drug-likeness (QED) is 0.664. The van der Waals surface area contributed by atoms with E-state index in [-0.39, 0.29) is 12.1 Å².